The highest BCUT2D eigenvalue weighted by Crippen LogP contribution is 2.65. The van der Waals surface area contributed by atoms with Crippen LogP contribution in [-0.2, 0) is 4.79 Å². The zero-order valence-electron chi connectivity index (χ0n) is 11.7. The minimum absolute atomic E-state index is 0.125. The van der Waals surface area contributed by atoms with Crippen molar-refractivity contribution in [3.05, 3.63) is 35.9 Å². The standard InChI is InChI=1S/C17H22N2O/c18-13(10-4-2-1-3-5-10)9-14(20)19-17-15-11-6-7-12(8-11)16(15)17/h1-5,11-13,15-17H,6-9,18H2,(H,19,20). The molecular formula is C17H22N2O. The second-order valence-corrected chi connectivity index (χ2v) is 6.80. The highest BCUT2D eigenvalue weighted by Gasteiger charge is 2.65. The second-order valence-electron chi connectivity index (χ2n) is 6.80. The van der Waals surface area contributed by atoms with Crippen LogP contribution in [0.5, 0.6) is 0 Å². The number of hydrogen-bond acceptors (Lipinski definition) is 2. The van der Waals surface area contributed by atoms with Crippen LogP contribution in [0.25, 0.3) is 0 Å². The molecule has 0 aliphatic heterocycles. The van der Waals surface area contributed by atoms with Gasteiger partial charge in [0.1, 0.15) is 0 Å². The third-order valence-corrected chi connectivity index (χ3v) is 5.70. The smallest absolute Gasteiger partial charge is 0.222 e. The lowest BCUT2D eigenvalue weighted by Crippen LogP contribution is -2.32. The molecule has 5 unspecified atom stereocenters. The molecule has 3 heteroatoms. The van der Waals surface area contributed by atoms with E-state index in [0.717, 1.165) is 29.2 Å². The van der Waals surface area contributed by atoms with Crippen LogP contribution in [0.3, 0.4) is 0 Å². The van der Waals surface area contributed by atoms with Crippen molar-refractivity contribution in [3.8, 4) is 0 Å². The zero-order chi connectivity index (χ0) is 13.7. The topological polar surface area (TPSA) is 55.1 Å². The average molecular weight is 270 g/mol. The Morgan fingerprint density at radius 3 is 2.50 bits per heavy atom. The number of nitrogens with one attached hydrogen (secondary N) is 1. The fourth-order valence-corrected chi connectivity index (χ4v) is 4.78. The number of carbonyl (C=O) groups is 1. The van der Waals surface area contributed by atoms with Crippen LogP contribution in [-0.4, -0.2) is 11.9 Å². The number of hydrogen-bond donors (Lipinski definition) is 2. The van der Waals surface area contributed by atoms with Crippen LogP contribution < -0.4 is 11.1 Å². The monoisotopic (exact) mass is 270 g/mol. The minimum Gasteiger partial charge on any atom is -0.353 e. The summed E-state index contributed by atoms with van der Waals surface area (Å²) in [6.45, 7) is 0. The molecular weight excluding hydrogens is 248 g/mol. The Hall–Kier alpha value is -1.35. The Morgan fingerprint density at radius 2 is 1.85 bits per heavy atom. The molecule has 20 heavy (non-hydrogen) atoms. The molecule has 3 fully saturated rings. The van der Waals surface area contributed by atoms with Gasteiger partial charge in [-0.2, -0.15) is 0 Å². The van der Waals surface area contributed by atoms with Crippen molar-refractivity contribution >= 4 is 5.91 Å². The van der Waals surface area contributed by atoms with E-state index >= 15 is 0 Å². The molecule has 0 heterocycles. The lowest BCUT2D eigenvalue weighted by Gasteiger charge is -2.14. The summed E-state index contributed by atoms with van der Waals surface area (Å²) in [7, 11) is 0. The Balaban J connectivity index is 1.32. The molecule has 0 aromatic heterocycles. The van der Waals surface area contributed by atoms with Crippen molar-refractivity contribution < 1.29 is 4.79 Å². The lowest BCUT2D eigenvalue weighted by atomic mass is 10.0. The molecule has 4 rings (SSSR count). The van der Waals surface area contributed by atoms with Crippen molar-refractivity contribution in [2.24, 2.45) is 29.4 Å². The number of fused-ring (bicyclic) bond motifs is 5. The summed E-state index contributed by atoms with van der Waals surface area (Å²) in [5, 5.41) is 3.24. The largest absolute Gasteiger partial charge is 0.353 e. The van der Waals surface area contributed by atoms with Gasteiger partial charge in [0, 0.05) is 18.5 Å². The maximum atomic E-state index is 12.2. The SMILES string of the molecule is NC(CC(=O)NC1C2C3CCC(C3)C12)c1ccccc1. The van der Waals surface area contributed by atoms with E-state index in [1.54, 1.807) is 0 Å². The fourth-order valence-electron chi connectivity index (χ4n) is 4.78. The average Bonchev–Trinajstić information content (AvgIpc) is 2.85. The molecule has 1 amide bonds. The molecule has 3 aliphatic rings. The third kappa shape index (κ3) is 1.96. The Kier molecular flexibility index (Phi) is 2.84. The molecule has 3 N–H and O–H groups in total. The molecule has 2 bridgehead atoms. The Morgan fingerprint density at radius 1 is 1.20 bits per heavy atom. The van der Waals surface area contributed by atoms with E-state index in [2.05, 4.69) is 5.32 Å². The molecule has 1 aromatic carbocycles. The quantitative estimate of drug-likeness (QED) is 0.881. The Bertz CT molecular complexity index is 499. The molecule has 0 radical (unpaired) electrons. The normalized spacial score (nSPS) is 38.4. The molecule has 1 aromatic rings. The first-order valence-corrected chi connectivity index (χ1v) is 7.84. The molecule has 5 atom stereocenters. The summed E-state index contributed by atoms with van der Waals surface area (Å²) in [4.78, 5) is 12.2. The van der Waals surface area contributed by atoms with Crippen molar-refractivity contribution in [3.63, 3.8) is 0 Å². The first kappa shape index (κ1) is 12.4. The predicted molar refractivity (Wildman–Crippen MR) is 77.7 cm³/mol. The molecule has 3 saturated carbocycles. The van der Waals surface area contributed by atoms with Gasteiger partial charge in [0.15, 0.2) is 0 Å². The first-order valence-electron chi connectivity index (χ1n) is 7.84. The van der Waals surface area contributed by atoms with Gasteiger partial charge in [-0.25, -0.2) is 0 Å². The number of amides is 1. The lowest BCUT2D eigenvalue weighted by molar-refractivity contribution is -0.121. The summed E-state index contributed by atoms with van der Waals surface area (Å²) < 4.78 is 0. The summed E-state index contributed by atoms with van der Waals surface area (Å²) >= 11 is 0. The Labute approximate surface area is 119 Å². The molecule has 3 aliphatic carbocycles. The van der Waals surface area contributed by atoms with Crippen molar-refractivity contribution in [2.45, 2.75) is 37.8 Å². The van der Waals surface area contributed by atoms with Gasteiger partial charge in [-0.15, -0.1) is 0 Å². The van der Waals surface area contributed by atoms with Crippen molar-refractivity contribution in [1.82, 2.24) is 5.32 Å². The van der Waals surface area contributed by atoms with Crippen LogP contribution in [0.15, 0.2) is 30.3 Å². The summed E-state index contributed by atoms with van der Waals surface area (Å²) in [5.41, 5.74) is 7.15. The number of benzene rings is 1. The maximum Gasteiger partial charge on any atom is 0.222 e. The van der Waals surface area contributed by atoms with Crippen LogP contribution in [0, 0.1) is 23.7 Å². The number of carbonyl (C=O) groups excluding carboxylic acids is 1. The maximum absolute atomic E-state index is 12.2. The second kappa shape index (κ2) is 4.59. The van der Waals surface area contributed by atoms with Crippen molar-refractivity contribution in [2.75, 3.05) is 0 Å². The van der Waals surface area contributed by atoms with E-state index in [9.17, 15) is 4.79 Å². The molecule has 0 spiro atoms. The number of rotatable bonds is 4. The highest BCUT2D eigenvalue weighted by atomic mass is 16.1. The highest BCUT2D eigenvalue weighted by molar-refractivity contribution is 5.77. The van der Waals surface area contributed by atoms with Gasteiger partial charge in [0.2, 0.25) is 5.91 Å². The third-order valence-electron chi connectivity index (χ3n) is 5.70. The van der Waals surface area contributed by atoms with Gasteiger partial charge in [-0.05, 0) is 48.5 Å². The first-order chi connectivity index (χ1) is 9.74. The van der Waals surface area contributed by atoms with Crippen LogP contribution in [0.1, 0.15) is 37.3 Å². The number of nitrogens with two attached hydrogens (primary N) is 1. The molecule has 3 nitrogen and oxygen atoms in total. The van der Waals surface area contributed by atoms with Gasteiger partial charge in [0.05, 0.1) is 0 Å². The summed E-state index contributed by atoms with van der Waals surface area (Å²) in [5.74, 6) is 3.52. The van der Waals surface area contributed by atoms with Gasteiger partial charge >= 0.3 is 0 Å². The van der Waals surface area contributed by atoms with Gasteiger partial charge in [0.25, 0.3) is 0 Å². The summed E-state index contributed by atoms with van der Waals surface area (Å²) in [6, 6.07) is 10.2. The molecule has 0 saturated heterocycles. The van der Waals surface area contributed by atoms with Crippen LogP contribution in [0.2, 0.25) is 0 Å². The van der Waals surface area contributed by atoms with E-state index in [0.29, 0.717) is 12.5 Å². The zero-order valence-corrected chi connectivity index (χ0v) is 11.7. The van der Waals surface area contributed by atoms with E-state index in [1.807, 2.05) is 30.3 Å². The predicted octanol–water partition coefficient (Wildman–Crippen LogP) is 2.24. The van der Waals surface area contributed by atoms with Crippen LogP contribution in [0.4, 0.5) is 0 Å². The van der Waals surface area contributed by atoms with Gasteiger partial charge in [-0.1, -0.05) is 30.3 Å². The van der Waals surface area contributed by atoms with Gasteiger partial charge < -0.3 is 11.1 Å². The van der Waals surface area contributed by atoms with Gasteiger partial charge in [-0.3, -0.25) is 4.79 Å². The van der Waals surface area contributed by atoms with Crippen molar-refractivity contribution in [1.29, 1.82) is 0 Å². The van der Waals surface area contributed by atoms with E-state index < -0.39 is 0 Å². The van der Waals surface area contributed by atoms with E-state index in [4.69, 9.17) is 5.73 Å². The van der Waals surface area contributed by atoms with E-state index in [-0.39, 0.29) is 11.9 Å². The summed E-state index contributed by atoms with van der Waals surface area (Å²) in [6.07, 6.45) is 4.60. The molecule has 106 valence electrons. The fraction of sp³-hybridized carbons (Fsp3) is 0.588. The minimum atomic E-state index is -0.188. The van der Waals surface area contributed by atoms with Crippen LogP contribution >= 0.6 is 0 Å². The van der Waals surface area contributed by atoms with E-state index in [1.165, 1.54) is 19.3 Å².